The molecule has 0 aromatic heterocycles. The molecular formula is C31H44O4. The molecule has 0 spiro atoms. The van der Waals surface area contributed by atoms with E-state index in [1.54, 1.807) is 0 Å². The van der Waals surface area contributed by atoms with Crippen LogP contribution in [0.25, 0.3) is 6.08 Å². The summed E-state index contributed by atoms with van der Waals surface area (Å²) in [4.78, 5) is 10.7. The van der Waals surface area contributed by atoms with Gasteiger partial charge in [-0.1, -0.05) is 77.1 Å². The number of aliphatic carboxylic acids is 1. The summed E-state index contributed by atoms with van der Waals surface area (Å²) in [5.74, 6) is 0.0991. The third-order valence-corrected chi connectivity index (χ3v) is 7.14. The van der Waals surface area contributed by atoms with Crippen LogP contribution in [0.2, 0.25) is 0 Å². The van der Waals surface area contributed by atoms with Gasteiger partial charge in [0.25, 0.3) is 0 Å². The van der Waals surface area contributed by atoms with Crippen LogP contribution in [-0.2, 0) is 10.2 Å². The number of hydrogen-bond donors (Lipinski definition) is 2. The van der Waals surface area contributed by atoms with Gasteiger partial charge < -0.3 is 14.9 Å². The zero-order chi connectivity index (χ0) is 26.2. The van der Waals surface area contributed by atoms with Gasteiger partial charge in [0.2, 0.25) is 0 Å². The van der Waals surface area contributed by atoms with E-state index in [1.807, 2.05) is 32.9 Å². The van der Waals surface area contributed by atoms with Crippen molar-refractivity contribution in [1.29, 1.82) is 0 Å². The summed E-state index contributed by atoms with van der Waals surface area (Å²) in [7, 11) is 0. The van der Waals surface area contributed by atoms with Crippen LogP contribution < -0.4 is 4.74 Å². The van der Waals surface area contributed by atoms with Crippen LogP contribution >= 0.6 is 0 Å². The average molecular weight is 481 g/mol. The molecule has 2 N–H and O–H groups in total. The van der Waals surface area contributed by atoms with Gasteiger partial charge in [-0.05, 0) is 78.8 Å². The molecule has 1 unspecified atom stereocenters. The van der Waals surface area contributed by atoms with Gasteiger partial charge in [0.1, 0.15) is 5.75 Å². The van der Waals surface area contributed by atoms with Gasteiger partial charge in [-0.3, -0.25) is 4.79 Å². The summed E-state index contributed by atoms with van der Waals surface area (Å²) >= 11 is 0. The predicted molar refractivity (Wildman–Crippen MR) is 145 cm³/mol. The normalized spacial score (nSPS) is 13.3. The Bertz CT molecular complexity index is 1010. The maximum absolute atomic E-state index is 10.7. The Labute approximate surface area is 212 Å². The summed E-state index contributed by atoms with van der Waals surface area (Å²) in [6.45, 7) is 15.3. The van der Waals surface area contributed by atoms with Crippen molar-refractivity contribution in [2.45, 2.75) is 92.1 Å². The van der Waals surface area contributed by atoms with E-state index < -0.39 is 12.1 Å². The smallest absolute Gasteiger partial charge is 0.303 e. The summed E-state index contributed by atoms with van der Waals surface area (Å²) < 4.78 is 5.94. The molecule has 192 valence electrons. The molecule has 0 bridgehead atoms. The minimum Gasteiger partial charge on any atom is -0.493 e. The third kappa shape index (κ3) is 7.44. The minimum absolute atomic E-state index is 0.0945. The lowest BCUT2D eigenvalue weighted by atomic mass is 9.70. The van der Waals surface area contributed by atoms with E-state index in [2.05, 4.69) is 64.1 Å². The van der Waals surface area contributed by atoms with Crippen LogP contribution in [0.15, 0.2) is 42.5 Å². The fraction of sp³-hybridized carbons (Fsp3) is 0.516. The lowest BCUT2D eigenvalue weighted by molar-refractivity contribution is -0.137. The Morgan fingerprint density at radius 2 is 1.57 bits per heavy atom. The van der Waals surface area contributed by atoms with Gasteiger partial charge in [0.05, 0.1) is 12.7 Å². The zero-order valence-electron chi connectivity index (χ0n) is 22.6. The Morgan fingerprint density at radius 1 is 0.971 bits per heavy atom. The van der Waals surface area contributed by atoms with Crippen LogP contribution in [0.5, 0.6) is 5.75 Å². The molecule has 2 aromatic carbocycles. The molecule has 2 aromatic rings. The van der Waals surface area contributed by atoms with Gasteiger partial charge >= 0.3 is 5.97 Å². The first kappa shape index (κ1) is 28.6. The highest BCUT2D eigenvalue weighted by molar-refractivity contribution is 5.66. The van der Waals surface area contributed by atoms with Crippen molar-refractivity contribution >= 4 is 12.0 Å². The number of aryl methyl sites for hydroxylation is 2. The van der Waals surface area contributed by atoms with Crippen molar-refractivity contribution in [3.05, 3.63) is 70.3 Å². The molecule has 0 saturated heterocycles. The van der Waals surface area contributed by atoms with E-state index >= 15 is 0 Å². The molecule has 35 heavy (non-hydrogen) atoms. The summed E-state index contributed by atoms with van der Waals surface area (Å²) in [5.41, 5.74) is 5.72. The minimum atomic E-state index is -0.761. The second-order valence-electron chi connectivity index (χ2n) is 10.7. The Kier molecular flexibility index (Phi) is 10.1. The summed E-state index contributed by atoms with van der Waals surface area (Å²) in [6.07, 6.45) is 6.93. The largest absolute Gasteiger partial charge is 0.493 e. The van der Waals surface area contributed by atoms with E-state index in [-0.39, 0.29) is 17.3 Å². The van der Waals surface area contributed by atoms with Gasteiger partial charge in [-0.15, -0.1) is 0 Å². The number of aliphatic hydroxyl groups is 1. The lowest BCUT2D eigenvalue weighted by Crippen LogP contribution is -2.26. The topological polar surface area (TPSA) is 66.8 Å². The number of aliphatic hydroxyl groups excluding tert-OH is 1. The maximum Gasteiger partial charge on any atom is 0.303 e. The molecular weight excluding hydrogens is 436 g/mol. The highest BCUT2D eigenvalue weighted by atomic mass is 16.5. The summed E-state index contributed by atoms with van der Waals surface area (Å²) in [6, 6.07) is 13.2. The Balaban J connectivity index is 2.27. The van der Waals surface area contributed by atoms with E-state index in [0.29, 0.717) is 13.0 Å². The molecule has 4 heteroatoms. The number of ether oxygens (including phenoxy) is 1. The number of carboxylic acid groups (broad SMARTS) is 1. The van der Waals surface area contributed by atoms with Gasteiger partial charge in [-0.2, -0.15) is 0 Å². The molecule has 4 nitrogen and oxygen atoms in total. The van der Waals surface area contributed by atoms with E-state index in [1.165, 1.54) is 16.7 Å². The SMILES string of the molecule is CCC(CC)(c1ccc(C=CC(O)C(C)(C)C)c(C)c1)c1ccc(OCCCCC(=O)O)c(C)c1. The monoisotopic (exact) mass is 480 g/mol. The van der Waals surface area contributed by atoms with Crippen LogP contribution in [0, 0.1) is 19.3 Å². The fourth-order valence-electron chi connectivity index (χ4n) is 4.55. The molecule has 0 heterocycles. The fourth-order valence-corrected chi connectivity index (χ4v) is 4.55. The molecule has 0 aliphatic heterocycles. The first-order valence-corrected chi connectivity index (χ1v) is 12.9. The first-order chi connectivity index (χ1) is 16.4. The zero-order valence-corrected chi connectivity index (χ0v) is 22.6. The van der Waals surface area contributed by atoms with E-state index in [0.717, 1.165) is 36.1 Å². The third-order valence-electron chi connectivity index (χ3n) is 7.14. The lowest BCUT2D eigenvalue weighted by Gasteiger charge is -2.34. The highest BCUT2D eigenvalue weighted by Crippen LogP contribution is 2.41. The van der Waals surface area contributed by atoms with E-state index in [4.69, 9.17) is 9.84 Å². The number of benzene rings is 2. The van der Waals surface area contributed by atoms with Crippen LogP contribution in [0.3, 0.4) is 0 Å². The number of unbranched alkanes of at least 4 members (excludes halogenated alkanes) is 1. The Hall–Kier alpha value is -2.59. The quantitative estimate of drug-likeness (QED) is 0.309. The van der Waals surface area contributed by atoms with Gasteiger partial charge in [-0.25, -0.2) is 0 Å². The molecule has 0 radical (unpaired) electrons. The van der Waals surface area contributed by atoms with Crippen molar-refractivity contribution in [3.8, 4) is 5.75 Å². The molecule has 0 saturated carbocycles. The molecule has 0 fully saturated rings. The van der Waals surface area contributed by atoms with Crippen LogP contribution in [-0.4, -0.2) is 28.9 Å². The first-order valence-electron chi connectivity index (χ1n) is 12.9. The Morgan fingerprint density at radius 3 is 2.09 bits per heavy atom. The average Bonchev–Trinajstić information content (AvgIpc) is 2.79. The molecule has 1 atom stereocenters. The summed E-state index contributed by atoms with van der Waals surface area (Å²) in [5, 5.41) is 19.2. The molecule has 0 aliphatic rings. The van der Waals surface area contributed by atoms with Gasteiger partial charge in [0.15, 0.2) is 0 Å². The predicted octanol–water partition coefficient (Wildman–Crippen LogP) is 7.46. The van der Waals surface area contributed by atoms with Crippen LogP contribution in [0.4, 0.5) is 0 Å². The van der Waals surface area contributed by atoms with Crippen molar-refractivity contribution < 1.29 is 19.7 Å². The van der Waals surface area contributed by atoms with Gasteiger partial charge in [0, 0.05) is 11.8 Å². The number of hydrogen-bond acceptors (Lipinski definition) is 3. The number of rotatable bonds is 12. The van der Waals surface area contributed by atoms with Crippen molar-refractivity contribution in [1.82, 2.24) is 0 Å². The molecule has 0 amide bonds. The second kappa shape index (κ2) is 12.4. The second-order valence-corrected chi connectivity index (χ2v) is 10.7. The van der Waals surface area contributed by atoms with Crippen molar-refractivity contribution in [3.63, 3.8) is 0 Å². The molecule has 0 aliphatic carbocycles. The highest BCUT2D eigenvalue weighted by Gasteiger charge is 2.31. The van der Waals surface area contributed by atoms with Crippen LogP contribution in [0.1, 0.15) is 94.5 Å². The maximum atomic E-state index is 10.7. The number of carbonyl (C=O) groups is 1. The van der Waals surface area contributed by atoms with Crippen molar-refractivity contribution in [2.75, 3.05) is 6.61 Å². The van der Waals surface area contributed by atoms with E-state index in [9.17, 15) is 9.90 Å². The number of carboxylic acids is 1. The van der Waals surface area contributed by atoms with Crippen molar-refractivity contribution in [2.24, 2.45) is 5.41 Å². The molecule has 2 rings (SSSR count). The standard InChI is InChI=1S/C31H44O4/c1-8-31(9-2,25-15-13-24(22(3)20-25)14-18-28(32)30(5,6)7)26-16-17-27(23(4)21-26)35-19-11-10-12-29(33)34/h13-18,20-21,28,32H,8-12,19H2,1-7H3,(H,33,34).